The van der Waals surface area contributed by atoms with Crippen molar-refractivity contribution in [3.63, 3.8) is 0 Å². The summed E-state index contributed by atoms with van der Waals surface area (Å²) >= 11 is 0. The number of aromatic nitrogens is 1. The molecule has 118 valence electrons. The van der Waals surface area contributed by atoms with E-state index in [1.807, 2.05) is 24.3 Å². The molecule has 0 fully saturated rings. The maximum absolute atomic E-state index is 12.7. The predicted molar refractivity (Wildman–Crippen MR) is 82.1 cm³/mol. The van der Waals surface area contributed by atoms with E-state index in [2.05, 4.69) is 10.3 Å². The molecule has 1 amide bonds. The molecule has 1 heterocycles. The zero-order chi connectivity index (χ0) is 16.4. The molecule has 3 aromatic rings. The lowest BCUT2D eigenvalue weighted by atomic mass is 10.1. The minimum Gasteiger partial charge on any atom is -0.361 e. The average Bonchev–Trinajstić information content (AvgIpc) is 2.94. The van der Waals surface area contributed by atoms with E-state index >= 15 is 0 Å². The molecule has 6 heteroatoms. The first-order valence-electron chi connectivity index (χ1n) is 6.95. The maximum atomic E-state index is 12.7. The van der Waals surface area contributed by atoms with Gasteiger partial charge in [0.2, 0.25) is 5.91 Å². The van der Waals surface area contributed by atoms with Crippen LogP contribution >= 0.6 is 0 Å². The summed E-state index contributed by atoms with van der Waals surface area (Å²) in [4.78, 5) is 15.1. The minimum atomic E-state index is -4.43. The molecule has 1 aromatic heterocycles. The van der Waals surface area contributed by atoms with Gasteiger partial charge in [-0.05, 0) is 47.3 Å². The Kier molecular flexibility index (Phi) is 3.82. The molecule has 0 spiro atoms. The Hall–Kier alpha value is -2.76. The second-order valence-electron chi connectivity index (χ2n) is 5.20. The predicted octanol–water partition coefficient (Wildman–Crippen LogP) is 4.37. The zero-order valence-corrected chi connectivity index (χ0v) is 11.9. The van der Waals surface area contributed by atoms with Gasteiger partial charge in [0.05, 0.1) is 12.0 Å². The number of benzene rings is 2. The second-order valence-corrected chi connectivity index (χ2v) is 5.20. The van der Waals surface area contributed by atoms with Gasteiger partial charge >= 0.3 is 6.18 Å². The Bertz CT molecular complexity index is 852. The van der Waals surface area contributed by atoms with Crippen LogP contribution in [0.15, 0.2) is 54.7 Å². The zero-order valence-electron chi connectivity index (χ0n) is 11.9. The Morgan fingerprint density at radius 1 is 1.09 bits per heavy atom. The highest BCUT2D eigenvalue weighted by Gasteiger charge is 2.30. The molecule has 0 atom stereocenters. The van der Waals surface area contributed by atoms with Crippen molar-refractivity contribution in [3.8, 4) is 0 Å². The van der Waals surface area contributed by atoms with Gasteiger partial charge < -0.3 is 10.3 Å². The summed E-state index contributed by atoms with van der Waals surface area (Å²) in [6.45, 7) is 0. The molecular weight excluding hydrogens is 305 g/mol. The van der Waals surface area contributed by atoms with Crippen LogP contribution in [0.5, 0.6) is 0 Å². The summed E-state index contributed by atoms with van der Waals surface area (Å²) in [5.74, 6) is -0.362. The molecule has 0 aliphatic rings. The van der Waals surface area contributed by atoms with Crippen LogP contribution in [0.2, 0.25) is 0 Å². The minimum absolute atomic E-state index is 0.0946. The van der Waals surface area contributed by atoms with E-state index in [0.29, 0.717) is 0 Å². The van der Waals surface area contributed by atoms with E-state index in [-0.39, 0.29) is 18.0 Å². The molecule has 0 saturated carbocycles. The molecule has 0 aliphatic carbocycles. The van der Waals surface area contributed by atoms with Crippen molar-refractivity contribution in [1.82, 2.24) is 4.98 Å². The lowest BCUT2D eigenvalue weighted by molar-refractivity contribution is -0.137. The first-order chi connectivity index (χ1) is 10.9. The van der Waals surface area contributed by atoms with Crippen LogP contribution in [0.1, 0.15) is 11.1 Å². The van der Waals surface area contributed by atoms with Gasteiger partial charge in [-0.15, -0.1) is 0 Å². The highest BCUT2D eigenvalue weighted by molar-refractivity contribution is 5.93. The molecule has 2 aromatic carbocycles. The normalized spacial score (nSPS) is 11.6. The van der Waals surface area contributed by atoms with Crippen LogP contribution in [0, 0.1) is 0 Å². The number of halogens is 3. The van der Waals surface area contributed by atoms with E-state index in [1.165, 1.54) is 12.1 Å². The number of aromatic amines is 1. The highest BCUT2D eigenvalue weighted by atomic mass is 19.4. The van der Waals surface area contributed by atoms with Crippen molar-refractivity contribution in [2.24, 2.45) is 0 Å². The number of carbonyl (C=O) groups is 1. The van der Waals surface area contributed by atoms with Crippen LogP contribution in [0.4, 0.5) is 18.9 Å². The number of carbonyl (C=O) groups excluding carboxylic acids is 1. The smallest absolute Gasteiger partial charge is 0.361 e. The third kappa shape index (κ3) is 3.53. The average molecular weight is 318 g/mol. The molecule has 23 heavy (non-hydrogen) atoms. The van der Waals surface area contributed by atoms with Gasteiger partial charge in [-0.3, -0.25) is 4.79 Å². The Balaban J connectivity index is 1.71. The standard InChI is InChI=1S/C17H13F3N2O/c18-17(19,20)13-2-1-3-14(10-13)22-16(23)9-11-4-5-15-12(8-11)6-7-21-15/h1-8,10,21H,9H2,(H,22,23). The van der Waals surface area contributed by atoms with Crippen molar-refractivity contribution in [2.75, 3.05) is 5.32 Å². The molecule has 0 radical (unpaired) electrons. The van der Waals surface area contributed by atoms with Gasteiger partial charge in [0.15, 0.2) is 0 Å². The Labute approximate surface area is 130 Å². The lowest BCUT2D eigenvalue weighted by Gasteiger charge is -2.10. The molecule has 3 nitrogen and oxygen atoms in total. The fraction of sp³-hybridized carbons (Fsp3) is 0.118. The van der Waals surface area contributed by atoms with E-state index in [9.17, 15) is 18.0 Å². The third-order valence-corrected chi connectivity index (χ3v) is 3.46. The summed E-state index contributed by atoms with van der Waals surface area (Å²) in [5.41, 5.74) is 1.10. The van der Waals surface area contributed by atoms with Crippen LogP contribution in [-0.4, -0.2) is 10.9 Å². The molecule has 3 rings (SSSR count). The van der Waals surface area contributed by atoms with Gasteiger partial charge in [-0.2, -0.15) is 13.2 Å². The van der Waals surface area contributed by atoms with Crippen LogP contribution < -0.4 is 5.32 Å². The number of H-pyrrole nitrogens is 1. The SMILES string of the molecule is O=C(Cc1ccc2[nH]ccc2c1)Nc1cccc(C(F)(F)F)c1. The second kappa shape index (κ2) is 5.79. The summed E-state index contributed by atoms with van der Waals surface area (Å²) < 4.78 is 38.0. The van der Waals surface area contributed by atoms with Crippen LogP contribution in [-0.2, 0) is 17.4 Å². The largest absolute Gasteiger partial charge is 0.416 e. The summed E-state index contributed by atoms with van der Waals surface area (Å²) in [7, 11) is 0. The summed E-state index contributed by atoms with van der Waals surface area (Å²) in [5, 5.41) is 3.48. The topological polar surface area (TPSA) is 44.9 Å². The number of hydrogen-bond acceptors (Lipinski definition) is 1. The Morgan fingerprint density at radius 2 is 1.91 bits per heavy atom. The first-order valence-corrected chi connectivity index (χ1v) is 6.95. The van der Waals surface area contributed by atoms with Crippen LogP contribution in [0.3, 0.4) is 0 Å². The lowest BCUT2D eigenvalue weighted by Crippen LogP contribution is -2.15. The molecule has 0 bridgehead atoms. The molecule has 0 saturated heterocycles. The summed E-state index contributed by atoms with van der Waals surface area (Å²) in [6, 6.07) is 12.0. The fourth-order valence-electron chi connectivity index (χ4n) is 2.38. The van der Waals surface area contributed by atoms with Crippen molar-refractivity contribution in [1.29, 1.82) is 0 Å². The third-order valence-electron chi connectivity index (χ3n) is 3.46. The van der Waals surface area contributed by atoms with Crippen LogP contribution in [0.25, 0.3) is 10.9 Å². The number of anilines is 1. The first kappa shape index (κ1) is 15.1. The maximum Gasteiger partial charge on any atom is 0.416 e. The fourth-order valence-corrected chi connectivity index (χ4v) is 2.38. The number of amides is 1. The molecule has 0 aliphatic heterocycles. The number of hydrogen-bond donors (Lipinski definition) is 2. The number of nitrogens with one attached hydrogen (secondary N) is 2. The molecular formula is C17H13F3N2O. The summed E-state index contributed by atoms with van der Waals surface area (Å²) in [6.07, 6.45) is -2.53. The van der Waals surface area contributed by atoms with Gasteiger partial charge in [0, 0.05) is 17.4 Å². The van der Waals surface area contributed by atoms with E-state index in [4.69, 9.17) is 0 Å². The highest BCUT2D eigenvalue weighted by Crippen LogP contribution is 2.30. The monoisotopic (exact) mass is 318 g/mol. The molecule has 0 unspecified atom stereocenters. The quantitative estimate of drug-likeness (QED) is 0.740. The van der Waals surface area contributed by atoms with Crippen molar-refractivity contribution < 1.29 is 18.0 Å². The van der Waals surface area contributed by atoms with Gasteiger partial charge in [-0.25, -0.2) is 0 Å². The van der Waals surface area contributed by atoms with Gasteiger partial charge in [-0.1, -0.05) is 12.1 Å². The van der Waals surface area contributed by atoms with E-state index in [1.54, 1.807) is 6.20 Å². The van der Waals surface area contributed by atoms with Crippen molar-refractivity contribution >= 4 is 22.5 Å². The number of rotatable bonds is 3. The van der Waals surface area contributed by atoms with Gasteiger partial charge in [0.1, 0.15) is 0 Å². The Morgan fingerprint density at radius 3 is 2.70 bits per heavy atom. The number of alkyl halides is 3. The molecule has 2 N–H and O–H groups in total. The van der Waals surface area contributed by atoms with Gasteiger partial charge in [0.25, 0.3) is 0 Å². The van der Waals surface area contributed by atoms with Crippen molar-refractivity contribution in [2.45, 2.75) is 12.6 Å². The van der Waals surface area contributed by atoms with E-state index in [0.717, 1.165) is 28.6 Å². The van der Waals surface area contributed by atoms with Crippen molar-refractivity contribution in [3.05, 3.63) is 65.9 Å². The van der Waals surface area contributed by atoms with E-state index < -0.39 is 11.7 Å². The number of fused-ring (bicyclic) bond motifs is 1.